The molecule has 162 valence electrons. The topological polar surface area (TPSA) is 71.0 Å². The molecule has 0 bridgehead atoms. The van der Waals surface area contributed by atoms with E-state index in [9.17, 15) is 9.18 Å². The molecule has 1 aliphatic heterocycles. The maximum atomic E-state index is 13.5. The lowest BCUT2D eigenvalue weighted by Crippen LogP contribution is -2.47. The number of rotatable bonds is 5. The Morgan fingerprint density at radius 2 is 1.94 bits per heavy atom. The Balaban J connectivity index is 1.36. The van der Waals surface area contributed by atoms with Crippen molar-refractivity contribution >= 4 is 34.0 Å². The fourth-order valence-electron chi connectivity index (χ4n) is 4.18. The molecule has 1 aliphatic rings. The summed E-state index contributed by atoms with van der Waals surface area (Å²) in [6.45, 7) is 1.29. The van der Waals surface area contributed by atoms with E-state index in [-0.39, 0.29) is 17.8 Å². The first-order valence-corrected chi connectivity index (χ1v) is 11.5. The molecule has 0 unspecified atom stereocenters. The number of likely N-dealkylation sites (tertiary alicyclic amines) is 1. The van der Waals surface area contributed by atoms with Crippen LogP contribution in [0.5, 0.6) is 0 Å². The molecule has 0 radical (unpaired) electrons. The van der Waals surface area contributed by atoms with Gasteiger partial charge in [0.2, 0.25) is 0 Å². The molecular formula is C24H22FN5OS. The second-order valence-corrected chi connectivity index (χ2v) is 8.66. The molecule has 3 heterocycles. The van der Waals surface area contributed by atoms with Gasteiger partial charge >= 0.3 is 0 Å². The Hall–Kier alpha value is -3.39. The molecule has 2 aromatic heterocycles. The van der Waals surface area contributed by atoms with Crippen molar-refractivity contribution in [2.24, 2.45) is 0 Å². The van der Waals surface area contributed by atoms with Crippen LogP contribution in [0.3, 0.4) is 0 Å². The van der Waals surface area contributed by atoms with E-state index in [1.54, 1.807) is 24.0 Å². The van der Waals surface area contributed by atoms with E-state index >= 15 is 0 Å². The van der Waals surface area contributed by atoms with Gasteiger partial charge in [-0.05, 0) is 49.1 Å². The maximum absolute atomic E-state index is 13.5. The molecule has 0 aliphatic carbocycles. The number of amides is 1. The van der Waals surface area contributed by atoms with Crippen LogP contribution in [0.25, 0.3) is 21.3 Å². The van der Waals surface area contributed by atoms with Gasteiger partial charge in [-0.2, -0.15) is 0 Å². The highest BCUT2D eigenvalue weighted by Crippen LogP contribution is 2.30. The van der Waals surface area contributed by atoms with E-state index in [0.717, 1.165) is 46.4 Å². The number of hydrogen-bond donors (Lipinski definition) is 1. The third-order valence-electron chi connectivity index (χ3n) is 5.81. The quantitative estimate of drug-likeness (QED) is 0.466. The Morgan fingerprint density at radius 3 is 2.81 bits per heavy atom. The fourth-order valence-corrected chi connectivity index (χ4v) is 4.97. The lowest BCUT2D eigenvalue weighted by Gasteiger charge is -2.35. The largest absolute Gasteiger partial charge is 0.367 e. The highest BCUT2D eigenvalue weighted by atomic mass is 32.1. The molecule has 2 aromatic carbocycles. The van der Waals surface area contributed by atoms with Crippen molar-refractivity contribution in [3.05, 3.63) is 71.9 Å². The van der Waals surface area contributed by atoms with Gasteiger partial charge in [-0.3, -0.25) is 4.79 Å². The van der Waals surface area contributed by atoms with Crippen LogP contribution < -0.4 is 5.32 Å². The standard InChI is InChI=1S/C24H22FN5OS/c25-17-10-8-16(9-11-17)22-21(29-15-32-22)24(31)30-12-4-3-5-18(30)13-26-23-19-6-1-2-7-20(19)27-14-28-23/h1-2,6-11,14-15,18H,3-5,12-13H2,(H,26,27,28)/t18-/m0/s1. The zero-order valence-corrected chi connectivity index (χ0v) is 18.2. The van der Waals surface area contributed by atoms with E-state index < -0.39 is 0 Å². The molecular weight excluding hydrogens is 425 g/mol. The van der Waals surface area contributed by atoms with Gasteiger partial charge in [0.25, 0.3) is 5.91 Å². The zero-order chi connectivity index (χ0) is 21.9. The molecule has 0 saturated carbocycles. The van der Waals surface area contributed by atoms with Crippen LogP contribution in [0, 0.1) is 5.82 Å². The second-order valence-electron chi connectivity index (χ2n) is 7.81. The maximum Gasteiger partial charge on any atom is 0.274 e. The van der Waals surface area contributed by atoms with Crippen molar-refractivity contribution in [3.63, 3.8) is 0 Å². The number of para-hydroxylation sites is 1. The molecule has 1 amide bonds. The van der Waals surface area contributed by atoms with Gasteiger partial charge in [0.15, 0.2) is 0 Å². The van der Waals surface area contributed by atoms with E-state index in [1.165, 1.54) is 23.5 Å². The van der Waals surface area contributed by atoms with E-state index in [0.29, 0.717) is 18.8 Å². The Labute approximate surface area is 189 Å². The number of nitrogens with zero attached hydrogens (tertiary/aromatic N) is 4. The number of anilines is 1. The van der Waals surface area contributed by atoms with Gasteiger partial charge in [0.1, 0.15) is 23.7 Å². The Bertz CT molecular complexity index is 1240. The van der Waals surface area contributed by atoms with Gasteiger partial charge in [-0.1, -0.05) is 24.3 Å². The summed E-state index contributed by atoms with van der Waals surface area (Å²) >= 11 is 1.40. The highest BCUT2D eigenvalue weighted by Gasteiger charge is 2.30. The number of thiazole rings is 1. The van der Waals surface area contributed by atoms with Crippen LogP contribution in [0.4, 0.5) is 10.2 Å². The van der Waals surface area contributed by atoms with E-state index in [2.05, 4.69) is 20.3 Å². The molecule has 32 heavy (non-hydrogen) atoms. The van der Waals surface area contributed by atoms with Crippen LogP contribution in [0.1, 0.15) is 29.8 Å². The SMILES string of the molecule is O=C(c1ncsc1-c1ccc(F)cc1)N1CCCC[C@H]1CNc1ncnc2ccccc12. The monoisotopic (exact) mass is 447 g/mol. The average Bonchev–Trinajstić information content (AvgIpc) is 3.33. The minimum Gasteiger partial charge on any atom is -0.367 e. The lowest BCUT2D eigenvalue weighted by atomic mass is 10.0. The molecule has 1 fully saturated rings. The van der Waals surface area contributed by atoms with Crippen LogP contribution in [-0.4, -0.2) is 44.9 Å². The zero-order valence-electron chi connectivity index (χ0n) is 17.4. The van der Waals surface area contributed by atoms with Crippen LogP contribution >= 0.6 is 11.3 Å². The predicted octanol–water partition coefficient (Wildman–Crippen LogP) is 5.00. The number of halogens is 1. The lowest BCUT2D eigenvalue weighted by molar-refractivity contribution is 0.0624. The van der Waals surface area contributed by atoms with Crippen molar-refractivity contribution in [2.45, 2.75) is 25.3 Å². The van der Waals surface area contributed by atoms with Crippen molar-refractivity contribution in [3.8, 4) is 10.4 Å². The molecule has 1 atom stereocenters. The van der Waals surface area contributed by atoms with Gasteiger partial charge in [-0.25, -0.2) is 19.3 Å². The van der Waals surface area contributed by atoms with Crippen molar-refractivity contribution < 1.29 is 9.18 Å². The smallest absolute Gasteiger partial charge is 0.274 e. The van der Waals surface area contributed by atoms with Crippen molar-refractivity contribution in [2.75, 3.05) is 18.4 Å². The van der Waals surface area contributed by atoms with Gasteiger partial charge in [0.05, 0.1) is 15.9 Å². The first-order chi connectivity index (χ1) is 15.7. The van der Waals surface area contributed by atoms with E-state index in [1.807, 2.05) is 29.2 Å². The van der Waals surface area contributed by atoms with Gasteiger partial charge in [-0.15, -0.1) is 11.3 Å². The number of carbonyl (C=O) groups excluding carboxylic acids is 1. The first-order valence-electron chi connectivity index (χ1n) is 10.6. The summed E-state index contributed by atoms with van der Waals surface area (Å²) in [5.74, 6) is 0.393. The van der Waals surface area contributed by atoms with Crippen molar-refractivity contribution in [1.29, 1.82) is 0 Å². The number of fused-ring (bicyclic) bond motifs is 1. The Kier molecular flexibility index (Phi) is 5.77. The fraction of sp³-hybridized carbons (Fsp3) is 0.250. The molecule has 1 saturated heterocycles. The Morgan fingerprint density at radius 1 is 1.09 bits per heavy atom. The summed E-state index contributed by atoms with van der Waals surface area (Å²) in [4.78, 5) is 29.3. The summed E-state index contributed by atoms with van der Waals surface area (Å²) in [6, 6.07) is 14.1. The van der Waals surface area contributed by atoms with Crippen LogP contribution in [-0.2, 0) is 0 Å². The molecule has 6 nitrogen and oxygen atoms in total. The summed E-state index contributed by atoms with van der Waals surface area (Å²) < 4.78 is 13.3. The third kappa shape index (κ3) is 4.05. The summed E-state index contributed by atoms with van der Waals surface area (Å²) in [7, 11) is 0. The molecule has 4 aromatic rings. The first kappa shape index (κ1) is 20.5. The number of hydrogen-bond acceptors (Lipinski definition) is 6. The van der Waals surface area contributed by atoms with Gasteiger partial charge in [0, 0.05) is 24.5 Å². The normalized spacial score (nSPS) is 16.3. The summed E-state index contributed by atoms with van der Waals surface area (Å²) in [6.07, 6.45) is 4.51. The molecule has 5 rings (SSSR count). The molecule has 8 heteroatoms. The molecule has 0 spiro atoms. The van der Waals surface area contributed by atoms with Crippen LogP contribution in [0.2, 0.25) is 0 Å². The number of nitrogens with one attached hydrogen (secondary N) is 1. The minimum atomic E-state index is -0.300. The van der Waals surface area contributed by atoms with E-state index in [4.69, 9.17) is 0 Å². The second kappa shape index (κ2) is 9.00. The number of piperidine rings is 1. The average molecular weight is 448 g/mol. The number of benzene rings is 2. The number of aromatic nitrogens is 3. The third-order valence-corrected chi connectivity index (χ3v) is 6.69. The molecule has 1 N–H and O–H groups in total. The predicted molar refractivity (Wildman–Crippen MR) is 124 cm³/mol. The summed E-state index contributed by atoms with van der Waals surface area (Å²) in [5, 5.41) is 4.40. The summed E-state index contributed by atoms with van der Waals surface area (Å²) in [5.41, 5.74) is 3.79. The van der Waals surface area contributed by atoms with Gasteiger partial charge < -0.3 is 10.2 Å². The van der Waals surface area contributed by atoms with Crippen LogP contribution in [0.15, 0.2) is 60.4 Å². The number of carbonyl (C=O) groups is 1. The highest BCUT2D eigenvalue weighted by molar-refractivity contribution is 7.13. The minimum absolute atomic E-state index is 0.0349. The van der Waals surface area contributed by atoms with Crippen molar-refractivity contribution in [1.82, 2.24) is 19.9 Å².